The SMILES string of the molecule is N#CCC(O)c1cc(Cl)c(Cl)cc1Cl. The van der Waals surface area contributed by atoms with E-state index in [1.807, 2.05) is 6.07 Å². The molecule has 1 unspecified atom stereocenters. The highest BCUT2D eigenvalue weighted by Crippen LogP contribution is 2.33. The molecule has 0 aliphatic rings. The van der Waals surface area contributed by atoms with E-state index in [-0.39, 0.29) is 6.42 Å². The van der Waals surface area contributed by atoms with Crippen LogP contribution in [0.1, 0.15) is 18.1 Å². The lowest BCUT2D eigenvalue weighted by atomic mass is 10.1. The van der Waals surface area contributed by atoms with Crippen molar-refractivity contribution in [3.05, 3.63) is 32.8 Å². The number of benzene rings is 1. The van der Waals surface area contributed by atoms with Crippen LogP contribution < -0.4 is 0 Å². The maximum absolute atomic E-state index is 9.51. The molecule has 1 N–H and O–H groups in total. The summed E-state index contributed by atoms with van der Waals surface area (Å²) in [6.07, 6.45) is -0.959. The van der Waals surface area contributed by atoms with Gasteiger partial charge >= 0.3 is 0 Å². The lowest BCUT2D eigenvalue weighted by Crippen LogP contribution is -1.97. The number of rotatable bonds is 2. The summed E-state index contributed by atoms with van der Waals surface area (Å²) in [5.41, 5.74) is 0.419. The van der Waals surface area contributed by atoms with Gasteiger partial charge in [-0.1, -0.05) is 34.8 Å². The molecule has 0 aliphatic carbocycles. The van der Waals surface area contributed by atoms with Gasteiger partial charge < -0.3 is 5.11 Å². The minimum atomic E-state index is -0.928. The summed E-state index contributed by atoms with van der Waals surface area (Å²) in [5, 5.41) is 18.8. The van der Waals surface area contributed by atoms with E-state index in [9.17, 15) is 5.11 Å². The van der Waals surface area contributed by atoms with Gasteiger partial charge in [0.05, 0.1) is 28.6 Å². The van der Waals surface area contributed by atoms with E-state index in [0.29, 0.717) is 20.6 Å². The largest absolute Gasteiger partial charge is 0.387 e. The van der Waals surface area contributed by atoms with E-state index < -0.39 is 6.10 Å². The van der Waals surface area contributed by atoms with Crippen LogP contribution in [0.15, 0.2) is 12.1 Å². The summed E-state index contributed by atoms with van der Waals surface area (Å²) >= 11 is 17.3. The molecule has 0 aromatic heterocycles. The first-order chi connectivity index (χ1) is 6.56. The fourth-order valence-corrected chi connectivity index (χ4v) is 1.67. The van der Waals surface area contributed by atoms with Gasteiger partial charge in [0.1, 0.15) is 0 Å². The molecule has 5 heteroatoms. The zero-order valence-electron chi connectivity index (χ0n) is 6.97. The van der Waals surface area contributed by atoms with Gasteiger partial charge in [0, 0.05) is 10.6 Å². The third-order valence-electron chi connectivity index (χ3n) is 1.68. The third kappa shape index (κ3) is 2.52. The van der Waals surface area contributed by atoms with E-state index in [1.165, 1.54) is 12.1 Å². The van der Waals surface area contributed by atoms with Crippen LogP contribution in [0.25, 0.3) is 0 Å². The van der Waals surface area contributed by atoms with E-state index in [1.54, 1.807) is 0 Å². The molecule has 1 rings (SSSR count). The first kappa shape index (κ1) is 11.6. The Morgan fingerprint density at radius 1 is 1.21 bits per heavy atom. The van der Waals surface area contributed by atoms with Crippen molar-refractivity contribution in [2.45, 2.75) is 12.5 Å². The zero-order valence-corrected chi connectivity index (χ0v) is 9.24. The molecule has 0 saturated carbocycles. The van der Waals surface area contributed by atoms with Gasteiger partial charge in [-0.25, -0.2) is 0 Å². The number of nitriles is 1. The molecule has 1 aromatic carbocycles. The fourth-order valence-electron chi connectivity index (χ4n) is 0.990. The van der Waals surface area contributed by atoms with Crippen molar-refractivity contribution in [2.75, 3.05) is 0 Å². The van der Waals surface area contributed by atoms with Crippen LogP contribution in [-0.2, 0) is 0 Å². The van der Waals surface area contributed by atoms with Crippen molar-refractivity contribution in [2.24, 2.45) is 0 Å². The topological polar surface area (TPSA) is 44.0 Å². The van der Waals surface area contributed by atoms with Gasteiger partial charge in [-0.3, -0.25) is 0 Å². The maximum Gasteiger partial charge on any atom is 0.0934 e. The molecule has 1 atom stereocenters. The molecule has 0 amide bonds. The van der Waals surface area contributed by atoms with Crippen LogP contribution in [0.5, 0.6) is 0 Å². The first-order valence-electron chi connectivity index (χ1n) is 3.75. The molecule has 0 bridgehead atoms. The highest BCUT2D eigenvalue weighted by Gasteiger charge is 2.13. The van der Waals surface area contributed by atoms with E-state index in [0.717, 1.165) is 0 Å². The molecule has 0 radical (unpaired) electrons. The van der Waals surface area contributed by atoms with Gasteiger partial charge in [-0.15, -0.1) is 0 Å². The van der Waals surface area contributed by atoms with Crippen molar-refractivity contribution in [1.82, 2.24) is 0 Å². The Bertz CT molecular complexity index is 386. The van der Waals surface area contributed by atoms with E-state index >= 15 is 0 Å². The summed E-state index contributed by atoms with van der Waals surface area (Å²) in [5.74, 6) is 0. The molecular formula is C9H6Cl3NO. The molecule has 0 aliphatic heterocycles. The number of aliphatic hydroxyl groups excluding tert-OH is 1. The van der Waals surface area contributed by atoms with Crippen LogP contribution in [0.4, 0.5) is 0 Å². The molecular weight excluding hydrogens is 244 g/mol. The Labute approximate surface area is 96.6 Å². The van der Waals surface area contributed by atoms with E-state index in [4.69, 9.17) is 40.1 Å². The summed E-state index contributed by atoms with van der Waals surface area (Å²) in [6, 6.07) is 4.75. The Hall–Kier alpha value is -0.460. The number of halogens is 3. The van der Waals surface area contributed by atoms with Crippen molar-refractivity contribution in [3.8, 4) is 6.07 Å². The van der Waals surface area contributed by atoms with Gasteiger partial charge in [0.25, 0.3) is 0 Å². The Morgan fingerprint density at radius 3 is 2.36 bits per heavy atom. The average Bonchev–Trinajstić information content (AvgIpc) is 2.11. The van der Waals surface area contributed by atoms with Crippen LogP contribution in [0.2, 0.25) is 15.1 Å². The quantitative estimate of drug-likeness (QED) is 0.815. The predicted molar refractivity (Wildman–Crippen MR) is 56.7 cm³/mol. The Morgan fingerprint density at radius 2 is 1.79 bits per heavy atom. The highest BCUT2D eigenvalue weighted by molar-refractivity contribution is 6.43. The lowest BCUT2D eigenvalue weighted by Gasteiger charge is -2.10. The molecule has 1 aromatic rings. The smallest absolute Gasteiger partial charge is 0.0934 e. The van der Waals surface area contributed by atoms with Gasteiger partial charge in [-0.2, -0.15) is 5.26 Å². The average molecular weight is 251 g/mol. The first-order valence-corrected chi connectivity index (χ1v) is 4.89. The van der Waals surface area contributed by atoms with Crippen molar-refractivity contribution >= 4 is 34.8 Å². The van der Waals surface area contributed by atoms with Crippen LogP contribution in [-0.4, -0.2) is 5.11 Å². The second kappa shape index (κ2) is 4.86. The number of hydrogen-bond donors (Lipinski definition) is 1. The highest BCUT2D eigenvalue weighted by atomic mass is 35.5. The van der Waals surface area contributed by atoms with Crippen molar-refractivity contribution in [3.63, 3.8) is 0 Å². The molecule has 2 nitrogen and oxygen atoms in total. The monoisotopic (exact) mass is 249 g/mol. The third-order valence-corrected chi connectivity index (χ3v) is 2.73. The molecule has 14 heavy (non-hydrogen) atoms. The normalized spacial score (nSPS) is 12.2. The summed E-state index contributed by atoms with van der Waals surface area (Å²) < 4.78 is 0. The molecule has 0 heterocycles. The minimum absolute atomic E-state index is 0.0301. The molecule has 0 fully saturated rings. The van der Waals surface area contributed by atoms with Crippen LogP contribution in [0, 0.1) is 11.3 Å². The molecule has 74 valence electrons. The standard InChI is InChI=1S/C9H6Cl3NO/c10-6-4-8(12)7(11)3-5(6)9(14)1-2-13/h3-4,9,14H,1H2. The van der Waals surface area contributed by atoms with Gasteiger partial charge in [0.15, 0.2) is 0 Å². The summed E-state index contributed by atoms with van der Waals surface area (Å²) in [7, 11) is 0. The maximum atomic E-state index is 9.51. The lowest BCUT2D eigenvalue weighted by molar-refractivity contribution is 0.183. The fraction of sp³-hybridized carbons (Fsp3) is 0.222. The number of hydrogen-bond acceptors (Lipinski definition) is 2. The number of nitrogens with zero attached hydrogens (tertiary/aromatic N) is 1. The van der Waals surface area contributed by atoms with Gasteiger partial charge in [0.2, 0.25) is 0 Å². The second-order valence-corrected chi connectivity index (χ2v) is 3.89. The summed E-state index contributed by atoms with van der Waals surface area (Å²) in [4.78, 5) is 0. The predicted octanol–water partition coefficient (Wildman–Crippen LogP) is 3.59. The van der Waals surface area contributed by atoms with Crippen molar-refractivity contribution < 1.29 is 5.11 Å². The summed E-state index contributed by atoms with van der Waals surface area (Å²) in [6.45, 7) is 0. The van der Waals surface area contributed by atoms with Gasteiger partial charge in [-0.05, 0) is 12.1 Å². The molecule has 0 saturated heterocycles. The van der Waals surface area contributed by atoms with E-state index in [2.05, 4.69) is 0 Å². The van der Waals surface area contributed by atoms with Crippen molar-refractivity contribution in [1.29, 1.82) is 5.26 Å². The Balaban J connectivity index is 3.10. The zero-order chi connectivity index (χ0) is 10.7. The second-order valence-electron chi connectivity index (χ2n) is 2.67. The number of aliphatic hydroxyl groups is 1. The van der Waals surface area contributed by atoms with Crippen LogP contribution in [0.3, 0.4) is 0 Å². The molecule has 0 spiro atoms. The minimum Gasteiger partial charge on any atom is -0.387 e. The Kier molecular flexibility index (Phi) is 4.03. The van der Waals surface area contributed by atoms with Crippen LogP contribution >= 0.6 is 34.8 Å².